The number of nitrogens with one attached hydrogen (secondary N) is 1. The van der Waals surface area contributed by atoms with Gasteiger partial charge in [-0.1, -0.05) is 12.1 Å². The molecule has 0 aliphatic rings. The molecule has 0 saturated carbocycles. The quantitative estimate of drug-likeness (QED) is 0.869. The highest BCUT2D eigenvalue weighted by Gasteiger charge is 2.07. The Bertz CT molecular complexity index is 629. The Balaban J connectivity index is 2.06. The maximum absolute atomic E-state index is 11.8. The first-order valence-corrected chi connectivity index (χ1v) is 5.68. The van der Waals surface area contributed by atoms with E-state index < -0.39 is 0 Å². The molecular weight excluding hydrogens is 240 g/mol. The third-order valence-electron chi connectivity index (χ3n) is 2.51. The van der Waals surface area contributed by atoms with Gasteiger partial charge < -0.3 is 11.1 Å². The minimum atomic E-state index is -0.222. The standard InChI is InChI=1S/C14H12N4O/c15-8-10-3-1-2-4-13(10)18-14(19)7-12-6-5-11(16)9-17-12/h1-6,9H,7,16H2,(H,18,19). The number of hydrogen-bond donors (Lipinski definition) is 2. The zero-order valence-corrected chi connectivity index (χ0v) is 10.1. The molecule has 5 heteroatoms. The highest BCUT2D eigenvalue weighted by molar-refractivity contribution is 5.93. The van der Waals surface area contributed by atoms with E-state index in [9.17, 15) is 4.79 Å². The second kappa shape index (κ2) is 5.65. The summed E-state index contributed by atoms with van der Waals surface area (Å²) in [6.45, 7) is 0. The number of para-hydroxylation sites is 1. The van der Waals surface area contributed by atoms with Gasteiger partial charge in [0.05, 0.1) is 29.6 Å². The second-order valence-corrected chi connectivity index (χ2v) is 3.97. The number of carbonyl (C=O) groups excluding carboxylic acids is 1. The van der Waals surface area contributed by atoms with Crippen molar-refractivity contribution in [1.82, 2.24) is 4.98 Å². The van der Waals surface area contributed by atoms with Crippen molar-refractivity contribution in [3.05, 3.63) is 53.9 Å². The zero-order chi connectivity index (χ0) is 13.7. The van der Waals surface area contributed by atoms with Gasteiger partial charge in [0, 0.05) is 5.69 Å². The van der Waals surface area contributed by atoms with Crippen molar-refractivity contribution in [2.45, 2.75) is 6.42 Å². The van der Waals surface area contributed by atoms with Gasteiger partial charge in [-0.3, -0.25) is 9.78 Å². The lowest BCUT2D eigenvalue weighted by molar-refractivity contribution is -0.115. The van der Waals surface area contributed by atoms with Crippen molar-refractivity contribution in [3.8, 4) is 6.07 Å². The van der Waals surface area contributed by atoms with Crippen LogP contribution >= 0.6 is 0 Å². The summed E-state index contributed by atoms with van der Waals surface area (Å²) in [6.07, 6.45) is 1.64. The fourth-order valence-electron chi connectivity index (χ4n) is 1.59. The van der Waals surface area contributed by atoms with Crippen LogP contribution in [0, 0.1) is 11.3 Å². The fourth-order valence-corrected chi connectivity index (χ4v) is 1.59. The van der Waals surface area contributed by atoms with Crippen molar-refractivity contribution in [2.24, 2.45) is 0 Å². The third kappa shape index (κ3) is 3.30. The first kappa shape index (κ1) is 12.6. The maximum atomic E-state index is 11.8. The second-order valence-electron chi connectivity index (χ2n) is 3.97. The zero-order valence-electron chi connectivity index (χ0n) is 10.1. The third-order valence-corrected chi connectivity index (χ3v) is 2.51. The molecular formula is C14H12N4O. The highest BCUT2D eigenvalue weighted by atomic mass is 16.1. The Hall–Kier alpha value is -2.87. The summed E-state index contributed by atoms with van der Waals surface area (Å²) in [5.74, 6) is -0.222. The van der Waals surface area contributed by atoms with E-state index in [1.807, 2.05) is 6.07 Å². The lowest BCUT2D eigenvalue weighted by atomic mass is 10.2. The summed E-state index contributed by atoms with van der Waals surface area (Å²) in [4.78, 5) is 15.9. The Morgan fingerprint density at radius 1 is 1.32 bits per heavy atom. The predicted molar refractivity (Wildman–Crippen MR) is 72.1 cm³/mol. The molecule has 19 heavy (non-hydrogen) atoms. The van der Waals surface area contributed by atoms with Gasteiger partial charge in [-0.25, -0.2) is 0 Å². The SMILES string of the molecule is N#Cc1ccccc1NC(=O)Cc1ccc(N)cn1. The minimum Gasteiger partial charge on any atom is -0.397 e. The van der Waals surface area contributed by atoms with Crippen molar-refractivity contribution in [3.63, 3.8) is 0 Å². The van der Waals surface area contributed by atoms with E-state index in [0.717, 1.165) is 0 Å². The molecule has 2 aromatic rings. The van der Waals surface area contributed by atoms with Crippen LogP contribution in [0.3, 0.4) is 0 Å². The van der Waals surface area contributed by atoms with E-state index >= 15 is 0 Å². The largest absolute Gasteiger partial charge is 0.397 e. The molecule has 94 valence electrons. The van der Waals surface area contributed by atoms with Crippen LogP contribution in [0.5, 0.6) is 0 Å². The molecule has 0 aliphatic carbocycles. The molecule has 0 bridgehead atoms. The number of aromatic nitrogens is 1. The Labute approximate surface area is 110 Å². The molecule has 1 aromatic carbocycles. The Morgan fingerprint density at radius 3 is 2.79 bits per heavy atom. The molecule has 1 aromatic heterocycles. The summed E-state index contributed by atoms with van der Waals surface area (Å²) in [6, 6.07) is 12.3. The molecule has 0 radical (unpaired) electrons. The van der Waals surface area contributed by atoms with Crippen molar-refractivity contribution in [1.29, 1.82) is 5.26 Å². The van der Waals surface area contributed by atoms with E-state index in [-0.39, 0.29) is 12.3 Å². The molecule has 3 N–H and O–H groups in total. The molecule has 0 spiro atoms. The van der Waals surface area contributed by atoms with Crippen LogP contribution in [0.25, 0.3) is 0 Å². The van der Waals surface area contributed by atoms with Crippen molar-refractivity contribution in [2.75, 3.05) is 11.1 Å². The van der Waals surface area contributed by atoms with Crippen LogP contribution in [0.4, 0.5) is 11.4 Å². The van der Waals surface area contributed by atoms with Crippen LogP contribution in [0.15, 0.2) is 42.6 Å². The van der Waals surface area contributed by atoms with Crippen LogP contribution in [0.2, 0.25) is 0 Å². The van der Waals surface area contributed by atoms with Gasteiger partial charge in [-0.05, 0) is 24.3 Å². The van der Waals surface area contributed by atoms with Gasteiger partial charge in [0.15, 0.2) is 0 Å². The number of anilines is 2. The Kier molecular flexibility index (Phi) is 3.74. The molecule has 0 atom stereocenters. The number of nitrogens with zero attached hydrogens (tertiary/aromatic N) is 2. The number of benzene rings is 1. The molecule has 0 aliphatic heterocycles. The summed E-state index contributed by atoms with van der Waals surface area (Å²) in [5, 5.41) is 11.6. The van der Waals surface area contributed by atoms with Gasteiger partial charge >= 0.3 is 0 Å². The van der Waals surface area contributed by atoms with E-state index in [1.165, 1.54) is 6.20 Å². The van der Waals surface area contributed by atoms with Crippen molar-refractivity contribution < 1.29 is 4.79 Å². The normalized spacial score (nSPS) is 9.63. The van der Waals surface area contributed by atoms with E-state index in [0.29, 0.717) is 22.6 Å². The topological polar surface area (TPSA) is 91.8 Å². The van der Waals surface area contributed by atoms with Gasteiger partial charge in [0.1, 0.15) is 6.07 Å². The number of rotatable bonds is 3. The number of carbonyl (C=O) groups is 1. The highest BCUT2D eigenvalue weighted by Crippen LogP contribution is 2.14. The van der Waals surface area contributed by atoms with E-state index in [4.69, 9.17) is 11.0 Å². The molecule has 2 rings (SSSR count). The van der Waals surface area contributed by atoms with E-state index in [1.54, 1.807) is 36.4 Å². The average Bonchev–Trinajstić information content (AvgIpc) is 2.42. The number of pyridine rings is 1. The molecule has 1 amide bonds. The minimum absolute atomic E-state index is 0.139. The van der Waals surface area contributed by atoms with Crippen LogP contribution in [-0.2, 0) is 11.2 Å². The van der Waals surface area contributed by atoms with E-state index in [2.05, 4.69) is 10.3 Å². The fraction of sp³-hybridized carbons (Fsp3) is 0.0714. The number of nitrogens with two attached hydrogens (primary N) is 1. The average molecular weight is 252 g/mol. The number of hydrogen-bond acceptors (Lipinski definition) is 4. The summed E-state index contributed by atoms with van der Waals surface area (Å²) >= 11 is 0. The lowest BCUT2D eigenvalue weighted by Gasteiger charge is -2.06. The Morgan fingerprint density at radius 2 is 2.11 bits per heavy atom. The van der Waals surface area contributed by atoms with Gasteiger partial charge in [-0.2, -0.15) is 5.26 Å². The van der Waals surface area contributed by atoms with Crippen LogP contribution < -0.4 is 11.1 Å². The monoisotopic (exact) mass is 252 g/mol. The molecule has 5 nitrogen and oxygen atoms in total. The number of amides is 1. The summed E-state index contributed by atoms with van der Waals surface area (Å²) < 4.78 is 0. The summed E-state index contributed by atoms with van der Waals surface area (Å²) in [7, 11) is 0. The van der Waals surface area contributed by atoms with Gasteiger partial charge in [-0.15, -0.1) is 0 Å². The number of nitriles is 1. The first-order chi connectivity index (χ1) is 9.19. The predicted octanol–water partition coefficient (Wildman–Crippen LogP) is 1.72. The summed E-state index contributed by atoms with van der Waals surface area (Å²) in [5.41, 5.74) is 7.64. The number of nitrogen functional groups attached to an aromatic ring is 1. The molecule has 0 fully saturated rings. The van der Waals surface area contributed by atoms with Crippen molar-refractivity contribution >= 4 is 17.3 Å². The molecule has 1 heterocycles. The van der Waals surface area contributed by atoms with Gasteiger partial charge in [0.25, 0.3) is 0 Å². The van der Waals surface area contributed by atoms with Crippen LogP contribution in [-0.4, -0.2) is 10.9 Å². The first-order valence-electron chi connectivity index (χ1n) is 5.68. The molecule has 0 unspecified atom stereocenters. The van der Waals surface area contributed by atoms with Gasteiger partial charge in [0.2, 0.25) is 5.91 Å². The maximum Gasteiger partial charge on any atom is 0.230 e. The molecule has 0 saturated heterocycles. The lowest BCUT2D eigenvalue weighted by Crippen LogP contribution is -2.15. The van der Waals surface area contributed by atoms with Crippen LogP contribution in [0.1, 0.15) is 11.3 Å². The smallest absolute Gasteiger partial charge is 0.230 e.